The van der Waals surface area contributed by atoms with Crippen molar-refractivity contribution in [3.8, 4) is 5.75 Å². The zero-order valence-electron chi connectivity index (χ0n) is 11.6. The molecule has 0 amide bonds. The van der Waals surface area contributed by atoms with Gasteiger partial charge in [-0.1, -0.05) is 6.92 Å². The summed E-state index contributed by atoms with van der Waals surface area (Å²) in [4.78, 5) is 2.81. The fourth-order valence-electron chi connectivity index (χ4n) is 1.31. The lowest BCUT2D eigenvalue weighted by molar-refractivity contribution is 0.0921. The van der Waals surface area contributed by atoms with E-state index in [9.17, 15) is 0 Å². The molecule has 0 aliphatic rings. The van der Waals surface area contributed by atoms with E-state index in [1.165, 1.54) is 0 Å². The van der Waals surface area contributed by atoms with Crippen LogP contribution >= 0.6 is 7.51 Å². The predicted molar refractivity (Wildman–Crippen MR) is 84.6 cm³/mol. The number of nitrogens with zero attached hydrogens (tertiary/aromatic N) is 5. The molecule has 1 rings (SSSR count). The Balaban J connectivity index is 2.79. The van der Waals surface area contributed by atoms with E-state index in [2.05, 4.69) is 15.1 Å². The third kappa shape index (κ3) is 5.13. The Kier molecular flexibility index (Phi) is 6.39. The van der Waals surface area contributed by atoms with Crippen LogP contribution in [0.15, 0.2) is 34.5 Å². The number of ether oxygens (including phenoxy) is 1. The van der Waals surface area contributed by atoms with Crippen molar-refractivity contribution >= 4 is 25.5 Å². The molecule has 0 aromatic heterocycles. The highest BCUT2D eigenvalue weighted by molar-refractivity contribution is 7.95. The molecular weight excluding hydrogens is 293 g/mol. The lowest BCUT2D eigenvalue weighted by Crippen LogP contribution is -2.28. The van der Waals surface area contributed by atoms with Crippen LogP contribution in [0.4, 0.5) is 0 Å². The second-order valence-electron chi connectivity index (χ2n) is 4.20. The SMILES string of the molecule is CC[C@](C)(N=[N+]=[N-])Oc1ccc(/C=N/N(C)P=S)cc1. The van der Waals surface area contributed by atoms with Crippen LogP contribution in [0.2, 0.25) is 0 Å². The average Bonchev–Trinajstić information content (AvgIpc) is 2.46. The topological polar surface area (TPSA) is 73.6 Å². The van der Waals surface area contributed by atoms with E-state index in [0.717, 1.165) is 5.56 Å². The van der Waals surface area contributed by atoms with Gasteiger partial charge in [0.15, 0.2) is 5.72 Å². The zero-order chi connectivity index (χ0) is 15.0. The molecule has 1 aromatic carbocycles. The first kappa shape index (κ1) is 16.4. The molecule has 1 atom stereocenters. The van der Waals surface area contributed by atoms with Crippen molar-refractivity contribution in [3.63, 3.8) is 0 Å². The van der Waals surface area contributed by atoms with Crippen molar-refractivity contribution in [2.24, 2.45) is 10.2 Å². The molecule has 0 saturated carbocycles. The fraction of sp³-hybridized carbons (Fsp3) is 0.417. The van der Waals surface area contributed by atoms with Crippen LogP contribution in [0.1, 0.15) is 25.8 Å². The molecule has 106 valence electrons. The Labute approximate surface area is 124 Å². The Bertz CT molecular complexity index is 529. The first-order valence-corrected chi connectivity index (χ1v) is 7.85. The van der Waals surface area contributed by atoms with Gasteiger partial charge in [-0.2, -0.15) is 5.10 Å². The third-order valence-electron chi connectivity index (χ3n) is 2.62. The van der Waals surface area contributed by atoms with Gasteiger partial charge in [0.1, 0.15) is 13.3 Å². The van der Waals surface area contributed by atoms with Crippen molar-refractivity contribution < 1.29 is 4.74 Å². The molecule has 0 unspecified atom stereocenters. The smallest absolute Gasteiger partial charge is 0.184 e. The van der Waals surface area contributed by atoms with Crippen LogP contribution in [0.25, 0.3) is 10.4 Å². The Morgan fingerprint density at radius 1 is 1.50 bits per heavy atom. The van der Waals surface area contributed by atoms with Gasteiger partial charge in [-0.25, -0.2) is 4.78 Å². The Morgan fingerprint density at radius 2 is 2.15 bits per heavy atom. The summed E-state index contributed by atoms with van der Waals surface area (Å²) < 4.78 is 7.33. The Hall–Kier alpha value is -1.68. The summed E-state index contributed by atoms with van der Waals surface area (Å²) in [5.74, 6) is 0.647. The molecule has 8 heteroatoms. The standard InChI is InChI=1S/C12H16N5OPS/c1-4-12(2,15-16-13)18-11-7-5-10(6-8-11)9-14-17(3)19-20/h5-9H,4H2,1-3H3/b14-9+/t12-/m1/s1. The fourth-order valence-corrected chi connectivity index (χ4v) is 1.53. The second-order valence-corrected chi connectivity index (χ2v) is 5.44. The van der Waals surface area contributed by atoms with Gasteiger partial charge in [-0.15, -0.1) is 0 Å². The highest BCUT2D eigenvalue weighted by atomic mass is 32.4. The van der Waals surface area contributed by atoms with Crippen molar-refractivity contribution in [1.82, 2.24) is 4.78 Å². The number of hydrogen-bond acceptors (Lipinski definition) is 4. The zero-order valence-corrected chi connectivity index (χ0v) is 13.3. The Morgan fingerprint density at radius 3 is 2.65 bits per heavy atom. The number of hydrazone groups is 1. The molecule has 0 aliphatic carbocycles. The van der Waals surface area contributed by atoms with Crippen LogP contribution < -0.4 is 4.74 Å². The summed E-state index contributed by atoms with van der Waals surface area (Å²) in [7, 11) is 2.47. The molecule has 0 saturated heterocycles. The lowest BCUT2D eigenvalue weighted by Gasteiger charge is -2.23. The summed E-state index contributed by atoms with van der Waals surface area (Å²) in [6.07, 6.45) is 2.30. The number of hydrogen-bond donors (Lipinski definition) is 0. The second kappa shape index (κ2) is 7.80. The summed E-state index contributed by atoms with van der Waals surface area (Å²) in [6.45, 7) is 3.65. The highest BCUT2D eigenvalue weighted by Crippen LogP contribution is 2.22. The summed E-state index contributed by atoms with van der Waals surface area (Å²) in [5.41, 5.74) is 8.61. The van der Waals surface area contributed by atoms with Gasteiger partial charge in [-0.05, 0) is 65.6 Å². The first-order valence-electron chi connectivity index (χ1n) is 5.99. The van der Waals surface area contributed by atoms with Gasteiger partial charge in [0, 0.05) is 12.0 Å². The van der Waals surface area contributed by atoms with Gasteiger partial charge in [0.2, 0.25) is 0 Å². The molecule has 0 spiro atoms. The molecule has 0 heterocycles. The maximum atomic E-state index is 8.55. The molecule has 0 aliphatic heterocycles. The van der Waals surface area contributed by atoms with Gasteiger partial charge >= 0.3 is 0 Å². The predicted octanol–water partition coefficient (Wildman–Crippen LogP) is 4.09. The molecule has 0 bridgehead atoms. The molecular formula is C12H16N5OPS. The van der Waals surface area contributed by atoms with Crippen LogP contribution in [0.5, 0.6) is 5.75 Å². The third-order valence-corrected chi connectivity index (χ3v) is 3.67. The van der Waals surface area contributed by atoms with Gasteiger partial charge in [0.25, 0.3) is 0 Å². The number of azide groups is 1. The quantitative estimate of drug-likeness (QED) is 0.190. The summed E-state index contributed by atoms with van der Waals surface area (Å²) in [5, 5.41) is 7.82. The normalized spacial score (nSPS) is 13.8. The van der Waals surface area contributed by atoms with E-state index in [1.807, 2.05) is 31.2 Å². The van der Waals surface area contributed by atoms with E-state index >= 15 is 0 Å². The van der Waals surface area contributed by atoms with Crippen LogP contribution in [0, 0.1) is 0 Å². The average molecular weight is 309 g/mol. The van der Waals surface area contributed by atoms with Crippen molar-refractivity contribution in [1.29, 1.82) is 0 Å². The van der Waals surface area contributed by atoms with Gasteiger partial charge < -0.3 is 4.74 Å². The van der Waals surface area contributed by atoms with E-state index in [-0.39, 0.29) is 0 Å². The van der Waals surface area contributed by atoms with E-state index in [1.54, 1.807) is 25.0 Å². The maximum absolute atomic E-state index is 8.55. The maximum Gasteiger partial charge on any atom is 0.184 e. The van der Waals surface area contributed by atoms with Crippen molar-refractivity contribution in [2.75, 3.05) is 7.05 Å². The molecule has 6 nitrogen and oxygen atoms in total. The van der Waals surface area contributed by atoms with Crippen molar-refractivity contribution in [3.05, 3.63) is 40.3 Å². The van der Waals surface area contributed by atoms with E-state index < -0.39 is 5.72 Å². The minimum atomic E-state index is -0.869. The van der Waals surface area contributed by atoms with E-state index in [4.69, 9.17) is 22.1 Å². The van der Waals surface area contributed by atoms with Gasteiger partial charge in [-0.3, -0.25) is 0 Å². The first-order chi connectivity index (χ1) is 9.53. The number of benzene rings is 1. The van der Waals surface area contributed by atoms with Crippen LogP contribution in [0.3, 0.4) is 0 Å². The molecule has 20 heavy (non-hydrogen) atoms. The molecule has 0 fully saturated rings. The summed E-state index contributed by atoms with van der Waals surface area (Å²) >= 11 is 4.83. The number of rotatable bonds is 7. The van der Waals surface area contributed by atoms with Gasteiger partial charge in [0.05, 0.1) is 6.21 Å². The molecule has 1 aromatic rings. The molecule has 0 radical (unpaired) electrons. The van der Waals surface area contributed by atoms with Crippen LogP contribution in [-0.2, 0) is 11.8 Å². The highest BCUT2D eigenvalue weighted by Gasteiger charge is 2.22. The lowest BCUT2D eigenvalue weighted by atomic mass is 10.2. The minimum Gasteiger partial charge on any atom is -0.481 e. The monoisotopic (exact) mass is 309 g/mol. The molecule has 0 N–H and O–H groups in total. The van der Waals surface area contributed by atoms with Crippen LogP contribution in [-0.4, -0.2) is 23.8 Å². The largest absolute Gasteiger partial charge is 0.481 e. The van der Waals surface area contributed by atoms with E-state index in [0.29, 0.717) is 19.7 Å². The summed E-state index contributed by atoms with van der Waals surface area (Å²) in [6, 6.07) is 7.37. The minimum absolute atomic E-state index is 0.586. The van der Waals surface area contributed by atoms with Crippen molar-refractivity contribution in [2.45, 2.75) is 26.0 Å².